The van der Waals surface area contributed by atoms with Gasteiger partial charge < -0.3 is 31.1 Å². The SMILES string of the molecule is Cc1ccc2c(n1)oc1c(-c3cccc(-c4oc5ccccc5[n+]4C)[n+]3C)c(C)ccc12.Cc1ccc2c(oc3ccccc32)c1-c1cccc(-c2oc3ccccc3[n+]2C)[n+]1C.Cc1ccccc1-c1cccc(-c2oc3ccccc3[n+]2C)[n+]1C.Cn1cccc1-c1cccc(-c2oc3ccccc3[n+]2C)[n+]1C. The smallest absolute Gasteiger partial charge is 0.448 e. The van der Waals surface area contributed by atoms with Gasteiger partial charge in [-0.25, -0.2) is 4.98 Å². The van der Waals surface area contributed by atoms with Crippen LogP contribution in [0.5, 0.6) is 0 Å². The van der Waals surface area contributed by atoms with Gasteiger partial charge in [0.05, 0.1) is 11.1 Å². The Bertz CT molecular complexity index is 7000. The van der Waals surface area contributed by atoms with Crippen molar-refractivity contribution in [1.29, 1.82) is 0 Å². The molecule has 0 spiro atoms. The summed E-state index contributed by atoms with van der Waals surface area (Å²) in [6.45, 7) is 8.38. The van der Waals surface area contributed by atoms with Crippen molar-refractivity contribution in [1.82, 2.24) is 9.55 Å². The molecule has 8 aromatic carbocycles. The second-order valence-corrected chi connectivity index (χ2v) is 28.3. The maximum absolute atomic E-state index is 6.35. The standard InChI is InChI=1S/C27H23N3O2.C27H22N2O2.C21H20N2O.C19H19N3O/c1-16-12-14-18-19-15-13-17(2)28-26(19)32-25(18)24(16)21-9-7-10-22(29(21)3)27-30(4)20-8-5-6-11-23(20)31-27;1-17-15-16-19-18-9-4-6-13-23(18)30-26(19)25(17)21-11-8-12-22(28(21)2)27-29(3)20-10-5-7-14-24(20)31-27;1-15-9-4-5-10-16(15)17-12-8-13-19(22(17)2)21-23(3)18-11-6-7-14-20(18)24-21;1-20-13-7-11-14(20)15-9-6-10-17(21(15)2)19-22(3)16-8-4-5-12-18(16)23-19/h5-15H,1-4H3;4-16H,1-3H3;4-14H,1-3H3;4-13H,1-3H3/q4*+2. The van der Waals surface area contributed by atoms with Crippen LogP contribution >= 0.6 is 0 Å². The Morgan fingerprint density at radius 1 is 0.264 bits per heavy atom. The highest BCUT2D eigenvalue weighted by Crippen LogP contribution is 2.40. The number of furan rings is 2. The second-order valence-electron chi connectivity index (χ2n) is 28.3. The number of oxazole rings is 4. The van der Waals surface area contributed by atoms with E-state index in [4.69, 9.17) is 26.5 Å². The predicted molar refractivity (Wildman–Crippen MR) is 428 cm³/mol. The van der Waals surface area contributed by atoms with E-state index in [1.54, 1.807) is 0 Å². The third-order valence-corrected chi connectivity index (χ3v) is 21.5. The fourth-order valence-electron chi connectivity index (χ4n) is 15.6. The number of hydrogen-bond acceptors (Lipinski definition) is 7. The monoisotopic (exact) mass is 1450 g/mol. The number of pyridine rings is 5. The maximum atomic E-state index is 6.35. The van der Waals surface area contributed by atoms with Crippen molar-refractivity contribution in [2.24, 2.45) is 63.4 Å². The van der Waals surface area contributed by atoms with E-state index < -0.39 is 0 Å². The van der Waals surface area contributed by atoms with E-state index in [2.05, 4.69) is 284 Å². The van der Waals surface area contributed by atoms with Gasteiger partial charge in [-0.3, -0.25) is 0 Å². The van der Waals surface area contributed by atoms with Crippen LogP contribution < -0.4 is 36.5 Å². The first kappa shape index (κ1) is 69.3. The molecule has 16 heteroatoms. The summed E-state index contributed by atoms with van der Waals surface area (Å²) < 4.78 is 56.6. The van der Waals surface area contributed by atoms with Gasteiger partial charge in [0.2, 0.25) is 50.8 Å². The van der Waals surface area contributed by atoms with Gasteiger partial charge in [-0.05, 0) is 129 Å². The molecule has 12 heterocycles. The maximum Gasteiger partial charge on any atom is 0.448 e. The highest BCUT2D eigenvalue weighted by Gasteiger charge is 2.36. The van der Waals surface area contributed by atoms with Crippen molar-refractivity contribution >= 4 is 88.4 Å². The van der Waals surface area contributed by atoms with Crippen molar-refractivity contribution in [3.05, 3.63) is 296 Å². The van der Waals surface area contributed by atoms with Crippen LogP contribution in [0.25, 0.3) is 180 Å². The first-order chi connectivity index (χ1) is 53.5. The fourth-order valence-corrected chi connectivity index (χ4v) is 15.6. The van der Waals surface area contributed by atoms with Gasteiger partial charge in [0, 0.05) is 119 Å². The van der Waals surface area contributed by atoms with Crippen molar-refractivity contribution in [3.63, 3.8) is 0 Å². The average Bonchev–Trinajstić information content (AvgIpc) is 1.58. The van der Waals surface area contributed by atoms with Gasteiger partial charge in [0.1, 0.15) is 73.2 Å². The summed E-state index contributed by atoms with van der Waals surface area (Å²) in [5.74, 6) is 3.33. The molecule has 0 fully saturated rings. The summed E-state index contributed by atoms with van der Waals surface area (Å²) in [7, 11) is 18.5. The molecule has 0 saturated heterocycles. The lowest BCUT2D eigenvalue weighted by Gasteiger charge is -2.06. The van der Waals surface area contributed by atoms with Gasteiger partial charge in [0.25, 0.3) is 22.1 Å². The van der Waals surface area contributed by atoms with Gasteiger partial charge in [-0.2, -0.15) is 36.5 Å². The minimum atomic E-state index is 0.675. The molecule has 0 unspecified atom stereocenters. The lowest BCUT2D eigenvalue weighted by Crippen LogP contribution is -2.39. The van der Waals surface area contributed by atoms with E-state index in [0.29, 0.717) is 5.71 Å². The highest BCUT2D eigenvalue weighted by molar-refractivity contribution is 6.10. The number of aryl methyl sites for hydroxylation is 9. The van der Waals surface area contributed by atoms with Gasteiger partial charge in [-0.15, -0.1) is 0 Å². The number of nitrogens with zero attached hydrogens (tertiary/aromatic N) is 10. The predicted octanol–water partition coefficient (Wildman–Crippen LogP) is 17.4. The molecule has 0 atom stereocenters. The molecule has 0 aliphatic heterocycles. The van der Waals surface area contributed by atoms with Crippen molar-refractivity contribution in [2.75, 3.05) is 0 Å². The van der Waals surface area contributed by atoms with Crippen LogP contribution in [0.1, 0.15) is 22.4 Å². The van der Waals surface area contributed by atoms with Gasteiger partial charge in [-0.1, -0.05) is 109 Å². The molecular formula is C94H84N10O6+8. The zero-order valence-electron chi connectivity index (χ0n) is 63.9. The number of hydrogen-bond donors (Lipinski definition) is 0. The van der Waals surface area contributed by atoms with E-state index in [1.165, 1.54) is 28.1 Å². The molecule has 20 aromatic rings. The molecule has 0 saturated carbocycles. The summed E-state index contributed by atoms with van der Waals surface area (Å²) in [6, 6.07) is 91.2. The molecule has 0 aliphatic rings. The number of rotatable bonds is 8. The molecule has 110 heavy (non-hydrogen) atoms. The molecule has 0 N–H and O–H groups in total. The van der Waals surface area contributed by atoms with Crippen LogP contribution in [-0.4, -0.2) is 9.55 Å². The Morgan fingerprint density at radius 2 is 0.627 bits per heavy atom. The zero-order valence-corrected chi connectivity index (χ0v) is 63.9. The number of aromatic nitrogens is 10. The Kier molecular flexibility index (Phi) is 17.8. The highest BCUT2D eigenvalue weighted by atomic mass is 16.4. The first-order valence-corrected chi connectivity index (χ1v) is 36.9. The largest absolute Gasteiger partial charge is 0.455 e. The summed E-state index contributed by atoms with van der Waals surface area (Å²) in [5, 5.41) is 4.39. The fraction of sp³-hybridized carbons (Fsp3) is 0.138. The minimum absolute atomic E-state index is 0.675. The number of para-hydroxylation sites is 9. The molecule has 0 aliphatic carbocycles. The Hall–Kier alpha value is -13.7. The molecule has 0 radical (unpaired) electrons. The summed E-state index contributed by atoms with van der Waals surface area (Å²) in [5.41, 5.74) is 28.9. The van der Waals surface area contributed by atoms with Gasteiger partial charge >= 0.3 is 46.3 Å². The van der Waals surface area contributed by atoms with E-state index in [0.717, 1.165) is 168 Å². The molecular weight excluding hydrogens is 1370 g/mol. The van der Waals surface area contributed by atoms with Crippen molar-refractivity contribution in [3.8, 4) is 91.5 Å². The van der Waals surface area contributed by atoms with E-state index in [1.807, 2.05) is 126 Å². The molecule has 16 nitrogen and oxygen atoms in total. The van der Waals surface area contributed by atoms with Crippen LogP contribution in [0.3, 0.4) is 0 Å². The van der Waals surface area contributed by atoms with Crippen LogP contribution in [0.15, 0.2) is 300 Å². The molecule has 0 bridgehead atoms. The quantitative estimate of drug-likeness (QED) is 0.139. The molecule has 538 valence electrons. The lowest BCUT2D eigenvalue weighted by atomic mass is 10.0. The Morgan fingerprint density at radius 3 is 1.07 bits per heavy atom. The van der Waals surface area contributed by atoms with E-state index in [-0.39, 0.29) is 0 Å². The minimum Gasteiger partial charge on any atom is -0.455 e. The van der Waals surface area contributed by atoms with Gasteiger partial charge in [0.15, 0.2) is 5.58 Å². The zero-order chi connectivity index (χ0) is 75.8. The summed E-state index contributed by atoms with van der Waals surface area (Å²) >= 11 is 0. The normalized spacial score (nSPS) is 11.5. The molecule has 12 aromatic heterocycles. The Labute approximate surface area is 635 Å². The summed E-state index contributed by atoms with van der Waals surface area (Å²) in [6.07, 6.45) is 2.06. The molecule has 0 amide bonds. The summed E-state index contributed by atoms with van der Waals surface area (Å²) in [4.78, 5) is 4.61. The first-order valence-electron chi connectivity index (χ1n) is 36.9. The van der Waals surface area contributed by atoms with Crippen molar-refractivity contribution in [2.45, 2.75) is 27.7 Å². The van der Waals surface area contributed by atoms with Crippen LogP contribution in [0.2, 0.25) is 0 Å². The van der Waals surface area contributed by atoms with Crippen LogP contribution in [0, 0.1) is 27.7 Å². The Balaban J connectivity index is 0.000000108. The number of fused-ring (bicyclic) bond motifs is 10. The van der Waals surface area contributed by atoms with E-state index >= 15 is 0 Å². The second kappa shape index (κ2) is 28.2. The third kappa shape index (κ3) is 12.0. The number of benzene rings is 8. The lowest BCUT2D eigenvalue weighted by molar-refractivity contribution is -0.675. The van der Waals surface area contributed by atoms with E-state index in [9.17, 15) is 0 Å². The topological polar surface area (TPSA) is 128 Å². The van der Waals surface area contributed by atoms with Crippen LogP contribution in [0.4, 0.5) is 0 Å². The van der Waals surface area contributed by atoms with Crippen LogP contribution in [-0.2, 0) is 63.4 Å². The average molecular weight is 1450 g/mol. The third-order valence-electron chi connectivity index (χ3n) is 21.5. The molecule has 20 rings (SSSR count). The van der Waals surface area contributed by atoms with Crippen molar-refractivity contribution < 1.29 is 63.0 Å².